The molecule has 314 valence electrons. The molecule has 0 radical (unpaired) electrons. The molecule has 3 unspecified atom stereocenters. The number of halogens is 3. The van der Waals surface area contributed by atoms with E-state index in [4.69, 9.17) is 19.2 Å². The van der Waals surface area contributed by atoms with Gasteiger partial charge in [-0.2, -0.15) is 0 Å². The maximum atomic E-state index is 15.9. The van der Waals surface area contributed by atoms with Crippen LogP contribution in [0.4, 0.5) is 18.0 Å². The van der Waals surface area contributed by atoms with E-state index in [9.17, 15) is 28.3 Å². The molecule has 3 aromatic heterocycles. The number of hydrogen-bond acceptors (Lipinski definition) is 10. The molecule has 0 spiro atoms. The number of benzene rings is 1. The molecule has 2 amide bonds. The van der Waals surface area contributed by atoms with Gasteiger partial charge in [0.1, 0.15) is 17.7 Å². The average molecular weight is 811 g/mol. The molecule has 1 aliphatic rings. The Hall–Kier alpha value is -5.06. The summed E-state index contributed by atoms with van der Waals surface area (Å²) in [6.07, 6.45) is -4.80. The molecule has 13 nitrogen and oxygen atoms in total. The third kappa shape index (κ3) is 10.1. The van der Waals surface area contributed by atoms with Gasteiger partial charge in [0, 0.05) is 55.1 Å². The van der Waals surface area contributed by atoms with E-state index in [2.05, 4.69) is 15.7 Å². The lowest BCUT2D eigenvalue weighted by Crippen LogP contribution is -2.60. The minimum Gasteiger partial charge on any atom is -0.468 e. The number of ether oxygens (including phenoxy) is 3. The Labute approximate surface area is 336 Å². The molecule has 58 heavy (non-hydrogen) atoms. The Kier molecular flexibility index (Phi) is 13.9. The maximum absolute atomic E-state index is 15.9. The summed E-state index contributed by atoms with van der Waals surface area (Å²) in [6, 6.07) is 11.6. The van der Waals surface area contributed by atoms with E-state index in [1.54, 1.807) is 82.4 Å². The van der Waals surface area contributed by atoms with Gasteiger partial charge in [0.15, 0.2) is 0 Å². The van der Waals surface area contributed by atoms with Gasteiger partial charge in [-0.25, -0.2) is 23.4 Å². The Morgan fingerprint density at radius 2 is 1.79 bits per heavy atom. The summed E-state index contributed by atoms with van der Waals surface area (Å²) in [5.41, 5.74) is 4.53. The number of hydrazine groups is 1. The number of amides is 2. The van der Waals surface area contributed by atoms with Crippen molar-refractivity contribution in [2.24, 2.45) is 5.41 Å². The van der Waals surface area contributed by atoms with Gasteiger partial charge in [-0.15, -0.1) is 0 Å². The van der Waals surface area contributed by atoms with Crippen molar-refractivity contribution in [3.8, 4) is 22.5 Å². The number of alkyl carbamates (subject to hydrolysis) is 1. The lowest BCUT2D eigenvalue weighted by atomic mass is 9.84. The van der Waals surface area contributed by atoms with Crippen LogP contribution in [0.5, 0.6) is 0 Å². The second-order valence-electron chi connectivity index (χ2n) is 16.2. The zero-order valence-corrected chi connectivity index (χ0v) is 34.1. The van der Waals surface area contributed by atoms with Gasteiger partial charge in [0.25, 0.3) is 12.3 Å². The van der Waals surface area contributed by atoms with E-state index in [1.807, 2.05) is 13.8 Å². The van der Waals surface area contributed by atoms with Crippen molar-refractivity contribution in [3.05, 3.63) is 71.7 Å². The molecule has 1 saturated heterocycles. The Bertz CT molecular complexity index is 2100. The first kappa shape index (κ1) is 44.1. The minimum absolute atomic E-state index is 0.0644. The van der Waals surface area contributed by atoms with Crippen LogP contribution in [-0.2, 0) is 36.6 Å². The first-order valence-electron chi connectivity index (χ1n) is 19.2. The molecule has 5 rings (SSSR count). The molecule has 1 fully saturated rings. The van der Waals surface area contributed by atoms with Crippen molar-refractivity contribution < 1.29 is 46.9 Å². The topological polar surface area (TPSA) is 157 Å². The molecule has 0 saturated carbocycles. The van der Waals surface area contributed by atoms with Crippen molar-refractivity contribution in [2.75, 3.05) is 27.4 Å². The number of carbonyl (C=O) groups is 3. The van der Waals surface area contributed by atoms with Crippen molar-refractivity contribution in [2.45, 2.75) is 104 Å². The van der Waals surface area contributed by atoms with Gasteiger partial charge in [-0.3, -0.25) is 24.6 Å². The molecule has 4 atom stereocenters. The molecule has 4 heterocycles. The predicted octanol–water partition coefficient (Wildman–Crippen LogP) is 6.87. The third-order valence-corrected chi connectivity index (χ3v) is 9.92. The summed E-state index contributed by atoms with van der Waals surface area (Å²) < 4.78 is 61.7. The number of alkyl halides is 3. The Morgan fingerprint density at radius 1 is 1.05 bits per heavy atom. The SMILES string of the molecule is COC(=O)C1CCCN(C(=O)C(Cc2cccc(-c3ccc4c(c3)c(CC(C)(C)CO)c(-c3cccnc3[C@H](C)OC)n4C(F)C(F)F)n2)NC(=O)OC(C)(C)C)N1. The van der Waals surface area contributed by atoms with Crippen LogP contribution in [0.3, 0.4) is 0 Å². The zero-order chi connectivity index (χ0) is 42.5. The number of methoxy groups -OCH3 is 2. The van der Waals surface area contributed by atoms with Crippen LogP contribution in [-0.4, -0.2) is 94.1 Å². The standard InChI is InChI=1S/C42H53F3N6O7/c1-24(56-7)34-27(13-10-18-46-34)35-29(22-42(5,6)23-52)28-20-25(16-17-33(28)51(35)37(45)36(43)44)30-14-9-12-26(47-30)21-32(48-40(55)58-41(2,3)4)38(53)50-19-11-15-31(49-50)39(54)57-8/h9-10,12-14,16-18,20,24,31-32,36-37,49,52H,11,15,19,21-23H2,1-8H3,(H,48,55)/t24-,31?,32?,37?/m0/s1. The summed E-state index contributed by atoms with van der Waals surface area (Å²) >= 11 is 0. The second kappa shape index (κ2) is 18.2. The first-order chi connectivity index (χ1) is 27.4. The number of hydrogen-bond donors (Lipinski definition) is 3. The number of rotatable bonds is 14. The minimum atomic E-state index is -3.36. The molecule has 0 aliphatic carbocycles. The second-order valence-corrected chi connectivity index (χ2v) is 16.2. The lowest BCUT2D eigenvalue weighted by molar-refractivity contribution is -0.150. The quantitative estimate of drug-likeness (QED) is 0.115. The number of nitrogens with one attached hydrogen (secondary N) is 2. The van der Waals surface area contributed by atoms with Gasteiger partial charge >= 0.3 is 12.1 Å². The molecule has 1 aromatic carbocycles. The molecular weight excluding hydrogens is 757 g/mol. The fourth-order valence-electron chi connectivity index (χ4n) is 7.03. The van der Waals surface area contributed by atoms with Crippen molar-refractivity contribution >= 4 is 28.9 Å². The monoisotopic (exact) mass is 810 g/mol. The molecule has 16 heteroatoms. The van der Waals surface area contributed by atoms with Gasteiger partial charge in [0.2, 0.25) is 6.30 Å². The number of aromatic nitrogens is 3. The summed E-state index contributed by atoms with van der Waals surface area (Å²) in [5.74, 6) is -1.04. The van der Waals surface area contributed by atoms with Crippen LogP contribution in [0, 0.1) is 5.41 Å². The van der Waals surface area contributed by atoms with Gasteiger partial charge < -0.3 is 29.2 Å². The molecular formula is C42H53F3N6O7. The lowest BCUT2D eigenvalue weighted by Gasteiger charge is -2.35. The fourth-order valence-corrected chi connectivity index (χ4v) is 7.03. The summed E-state index contributed by atoms with van der Waals surface area (Å²) in [6.45, 7) is 10.5. The van der Waals surface area contributed by atoms with Gasteiger partial charge in [0.05, 0.1) is 35.8 Å². The van der Waals surface area contributed by atoms with Crippen LogP contribution < -0.4 is 10.7 Å². The average Bonchev–Trinajstić information content (AvgIpc) is 3.50. The number of esters is 1. The number of aliphatic hydroxyl groups excluding tert-OH is 1. The maximum Gasteiger partial charge on any atom is 0.408 e. The Balaban J connectivity index is 1.61. The smallest absolute Gasteiger partial charge is 0.408 e. The number of carbonyl (C=O) groups excluding carboxylic acids is 3. The number of nitrogens with zero attached hydrogens (tertiary/aromatic N) is 4. The molecule has 1 aliphatic heterocycles. The number of pyridine rings is 2. The highest BCUT2D eigenvalue weighted by Gasteiger charge is 2.35. The van der Waals surface area contributed by atoms with E-state index in [-0.39, 0.29) is 37.2 Å². The first-order valence-corrected chi connectivity index (χ1v) is 19.2. The third-order valence-electron chi connectivity index (χ3n) is 9.92. The Morgan fingerprint density at radius 3 is 2.45 bits per heavy atom. The van der Waals surface area contributed by atoms with Crippen LogP contribution in [0.25, 0.3) is 33.4 Å². The highest BCUT2D eigenvalue weighted by Crippen LogP contribution is 2.44. The van der Waals surface area contributed by atoms with Crippen molar-refractivity contribution in [1.82, 2.24) is 30.3 Å². The van der Waals surface area contributed by atoms with E-state index in [0.29, 0.717) is 52.0 Å². The van der Waals surface area contributed by atoms with Gasteiger partial charge in [-0.05, 0) is 94.3 Å². The van der Waals surface area contributed by atoms with Crippen molar-refractivity contribution in [3.63, 3.8) is 0 Å². The van der Waals surface area contributed by atoms with E-state index in [1.165, 1.54) is 19.2 Å². The summed E-state index contributed by atoms with van der Waals surface area (Å²) in [7, 11) is 2.76. The highest BCUT2D eigenvalue weighted by atomic mass is 19.3. The number of aliphatic hydroxyl groups is 1. The fraction of sp³-hybridized carbons (Fsp3) is 0.500. The van der Waals surface area contributed by atoms with Gasteiger partial charge in [-0.1, -0.05) is 26.0 Å². The molecule has 0 bridgehead atoms. The van der Waals surface area contributed by atoms with Crippen LogP contribution in [0.1, 0.15) is 83.7 Å². The van der Waals surface area contributed by atoms with Crippen LogP contribution in [0.15, 0.2) is 54.7 Å². The predicted molar refractivity (Wildman–Crippen MR) is 211 cm³/mol. The summed E-state index contributed by atoms with van der Waals surface area (Å²) in [4.78, 5) is 48.6. The zero-order valence-electron chi connectivity index (χ0n) is 34.1. The highest BCUT2D eigenvalue weighted by molar-refractivity contribution is 5.95. The normalized spacial score (nSPS) is 16.6. The largest absolute Gasteiger partial charge is 0.468 e. The van der Waals surface area contributed by atoms with E-state index >= 15 is 4.39 Å². The van der Waals surface area contributed by atoms with Crippen LogP contribution in [0.2, 0.25) is 0 Å². The molecule has 3 N–H and O–H groups in total. The van der Waals surface area contributed by atoms with E-state index in [0.717, 1.165) is 4.57 Å². The van der Waals surface area contributed by atoms with Crippen molar-refractivity contribution in [1.29, 1.82) is 0 Å². The molecule has 4 aromatic rings. The number of fused-ring (bicyclic) bond motifs is 1. The van der Waals surface area contributed by atoms with E-state index < -0.39 is 59.9 Å². The summed E-state index contributed by atoms with van der Waals surface area (Å²) in [5, 5.41) is 14.8. The van der Waals surface area contributed by atoms with Crippen LogP contribution >= 0.6 is 0 Å².